The predicted octanol–water partition coefficient (Wildman–Crippen LogP) is 2.05. The number of nitrogens with zero attached hydrogens (tertiary/aromatic N) is 1. The highest BCUT2D eigenvalue weighted by molar-refractivity contribution is 5.99. The molecule has 5 nitrogen and oxygen atoms in total. The van der Waals surface area contributed by atoms with Crippen LogP contribution in [0, 0.1) is 28.6 Å². The number of anilines is 1. The summed E-state index contributed by atoms with van der Waals surface area (Å²) >= 11 is 0. The molecule has 1 aliphatic rings. The Bertz CT molecular complexity index is 584. The molecule has 2 N–H and O–H groups in total. The number of hydrogen-bond acceptors (Lipinski definition) is 3. The van der Waals surface area contributed by atoms with Crippen LogP contribution < -0.4 is 5.32 Å². The van der Waals surface area contributed by atoms with Crippen LogP contribution >= 0.6 is 0 Å². The second-order valence-corrected chi connectivity index (χ2v) is 5.64. The molecule has 0 spiro atoms. The summed E-state index contributed by atoms with van der Waals surface area (Å²) in [5, 5.41) is 20.4. The van der Waals surface area contributed by atoms with Gasteiger partial charge in [-0.05, 0) is 23.1 Å². The van der Waals surface area contributed by atoms with Gasteiger partial charge in [0, 0.05) is 5.69 Å². The first-order valence-corrected chi connectivity index (χ1v) is 6.37. The Morgan fingerprint density at radius 2 is 1.90 bits per heavy atom. The van der Waals surface area contributed by atoms with Crippen LogP contribution in [0.2, 0.25) is 0 Å². The molecule has 0 unspecified atom stereocenters. The fourth-order valence-electron chi connectivity index (χ4n) is 2.61. The van der Waals surface area contributed by atoms with Gasteiger partial charge in [0.05, 0.1) is 24.3 Å². The highest BCUT2D eigenvalue weighted by atomic mass is 16.4. The van der Waals surface area contributed by atoms with E-state index in [1.165, 1.54) is 0 Å². The van der Waals surface area contributed by atoms with Crippen molar-refractivity contribution in [2.24, 2.45) is 17.3 Å². The minimum absolute atomic E-state index is 0.268. The third-order valence-electron chi connectivity index (χ3n) is 3.88. The van der Waals surface area contributed by atoms with Gasteiger partial charge in [-0.3, -0.25) is 9.59 Å². The van der Waals surface area contributed by atoms with Crippen LogP contribution in [0.1, 0.15) is 19.4 Å². The van der Waals surface area contributed by atoms with Crippen LogP contribution in [0.3, 0.4) is 0 Å². The second-order valence-electron chi connectivity index (χ2n) is 5.64. The standard InChI is InChI=1S/C15H16N2O3/c1-15(2)11(12(15)14(19)20)13(18)17-10-5-3-9(4-6-10)7-8-16/h3-6,11-12H,7H2,1-2H3,(H,17,18)(H,19,20)/t11-,12+/m1/s1. The van der Waals surface area contributed by atoms with Gasteiger partial charge >= 0.3 is 5.97 Å². The van der Waals surface area contributed by atoms with Crippen molar-refractivity contribution in [2.45, 2.75) is 20.3 Å². The molecule has 0 saturated heterocycles. The summed E-state index contributed by atoms with van der Waals surface area (Å²) in [5.41, 5.74) is 0.987. The molecule has 1 fully saturated rings. The minimum atomic E-state index is -0.931. The lowest BCUT2D eigenvalue weighted by atomic mass is 10.1. The van der Waals surface area contributed by atoms with Crippen molar-refractivity contribution >= 4 is 17.6 Å². The molecule has 1 amide bonds. The average molecular weight is 272 g/mol. The van der Waals surface area contributed by atoms with E-state index in [-0.39, 0.29) is 5.91 Å². The minimum Gasteiger partial charge on any atom is -0.481 e. The van der Waals surface area contributed by atoms with E-state index in [2.05, 4.69) is 5.32 Å². The summed E-state index contributed by atoms with van der Waals surface area (Å²) in [6, 6.07) is 9.02. The largest absolute Gasteiger partial charge is 0.481 e. The first kappa shape index (κ1) is 14.1. The van der Waals surface area contributed by atoms with E-state index in [1.807, 2.05) is 6.07 Å². The number of amides is 1. The molecule has 5 heteroatoms. The van der Waals surface area contributed by atoms with Crippen molar-refractivity contribution in [3.63, 3.8) is 0 Å². The van der Waals surface area contributed by atoms with Crippen LogP contribution in [0.15, 0.2) is 24.3 Å². The monoisotopic (exact) mass is 272 g/mol. The molecule has 20 heavy (non-hydrogen) atoms. The van der Waals surface area contributed by atoms with E-state index >= 15 is 0 Å². The van der Waals surface area contributed by atoms with E-state index in [4.69, 9.17) is 10.4 Å². The number of carbonyl (C=O) groups is 2. The summed E-state index contributed by atoms with van der Waals surface area (Å²) in [6.45, 7) is 3.57. The number of carbonyl (C=O) groups excluding carboxylic acids is 1. The van der Waals surface area contributed by atoms with Gasteiger partial charge in [-0.1, -0.05) is 26.0 Å². The molecular weight excluding hydrogens is 256 g/mol. The first-order valence-electron chi connectivity index (χ1n) is 6.37. The van der Waals surface area contributed by atoms with Gasteiger partial charge in [-0.25, -0.2) is 0 Å². The summed E-state index contributed by atoms with van der Waals surface area (Å²) < 4.78 is 0. The Morgan fingerprint density at radius 1 is 1.30 bits per heavy atom. The topological polar surface area (TPSA) is 90.2 Å². The van der Waals surface area contributed by atoms with Gasteiger partial charge in [-0.2, -0.15) is 5.26 Å². The number of rotatable bonds is 4. The van der Waals surface area contributed by atoms with E-state index in [0.717, 1.165) is 5.56 Å². The lowest BCUT2D eigenvalue weighted by Gasteiger charge is -2.06. The van der Waals surface area contributed by atoms with Crippen LogP contribution in [0.5, 0.6) is 0 Å². The maximum absolute atomic E-state index is 12.1. The molecule has 1 aromatic rings. The number of carboxylic acids is 1. The zero-order valence-corrected chi connectivity index (χ0v) is 11.4. The summed E-state index contributed by atoms with van der Waals surface area (Å²) in [6.07, 6.45) is 0.324. The zero-order chi connectivity index (χ0) is 14.9. The van der Waals surface area contributed by atoms with Crippen molar-refractivity contribution in [1.29, 1.82) is 5.26 Å². The van der Waals surface area contributed by atoms with E-state index in [9.17, 15) is 9.59 Å². The lowest BCUT2D eigenvalue weighted by molar-refractivity contribution is -0.140. The molecule has 0 aromatic heterocycles. The van der Waals surface area contributed by atoms with Gasteiger partial charge in [-0.15, -0.1) is 0 Å². The Hall–Kier alpha value is -2.35. The normalized spacial score (nSPS) is 22.6. The van der Waals surface area contributed by atoms with Crippen molar-refractivity contribution in [2.75, 3.05) is 5.32 Å². The van der Waals surface area contributed by atoms with Gasteiger partial charge in [0.1, 0.15) is 0 Å². The van der Waals surface area contributed by atoms with E-state index in [0.29, 0.717) is 12.1 Å². The first-order chi connectivity index (χ1) is 9.37. The maximum atomic E-state index is 12.1. The van der Waals surface area contributed by atoms with E-state index in [1.54, 1.807) is 38.1 Å². The van der Waals surface area contributed by atoms with Crippen molar-refractivity contribution in [1.82, 2.24) is 0 Å². The van der Waals surface area contributed by atoms with Crippen molar-refractivity contribution in [3.05, 3.63) is 29.8 Å². The van der Waals surface area contributed by atoms with Crippen molar-refractivity contribution < 1.29 is 14.7 Å². The number of nitrogens with one attached hydrogen (secondary N) is 1. The molecule has 1 aliphatic carbocycles. The Labute approximate surface area is 117 Å². The Balaban J connectivity index is 2.03. The molecule has 0 aliphatic heterocycles. The summed E-state index contributed by atoms with van der Waals surface area (Å²) in [4.78, 5) is 23.1. The molecular formula is C15H16N2O3. The zero-order valence-electron chi connectivity index (χ0n) is 11.4. The van der Waals surface area contributed by atoms with Gasteiger partial charge in [0.2, 0.25) is 5.91 Å². The molecule has 0 heterocycles. The van der Waals surface area contributed by atoms with Crippen LogP contribution in [0.25, 0.3) is 0 Å². The predicted molar refractivity (Wildman–Crippen MR) is 72.8 cm³/mol. The third kappa shape index (κ3) is 2.50. The lowest BCUT2D eigenvalue weighted by Crippen LogP contribution is -2.17. The highest BCUT2D eigenvalue weighted by Crippen LogP contribution is 2.58. The van der Waals surface area contributed by atoms with Crippen molar-refractivity contribution in [3.8, 4) is 6.07 Å². The molecule has 104 valence electrons. The molecule has 1 saturated carbocycles. The average Bonchev–Trinajstić information content (AvgIpc) is 2.95. The fourth-order valence-corrected chi connectivity index (χ4v) is 2.61. The summed E-state index contributed by atoms with van der Waals surface area (Å²) in [7, 11) is 0. The fraction of sp³-hybridized carbons (Fsp3) is 0.400. The SMILES string of the molecule is CC1(C)[C@H](C(=O)O)[C@@H]1C(=O)Nc1ccc(CC#N)cc1. The quantitative estimate of drug-likeness (QED) is 0.877. The molecule has 2 atom stereocenters. The van der Waals surface area contributed by atoms with Crippen LogP contribution in [-0.2, 0) is 16.0 Å². The van der Waals surface area contributed by atoms with Gasteiger partial charge in [0.15, 0.2) is 0 Å². The number of carboxylic acid groups (broad SMARTS) is 1. The summed E-state index contributed by atoms with van der Waals surface area (Å²) in [5.74, 6) is -2.32. The number of nitriles is 1. The molecule has 0 radical (unpaired) electrons. The number of hydrogen-bond donors (Lipinski definition) is 2. The Kier molecular flexibility index (Phi) is 3.49. The highest BCUT2D eigenvalue weighted by Gasteiger charge is 2.65. The van der Waals surface area contributed by atoms with Crippen LogP contribution in [-0.4, -0.2) is 17.0 Å². The second kappa shape index (κ2) is 4.97. The third-order valence-corrected chi connectivity index (χ3v) is 3.88. The van der Waals surface area contributed by atoms with E-state index < -0.39 is 23.2 Å². The Morgan fingerprint density at radius 3 is 2.35 bits per heavy atom. The van der Waals surface area contributed by atoms with Gasteiger partial charge in [0.25, 0.3) is 0 Å². The number of aliphatic carboxylic acids is 1. The molecule has 0 bridgehead atoms. The molecule has 2 rings (SSSR count). The molecule has 1 aromatic carbocycles. The van der Waals surface area contributed by atoms with Crippen LogP contribution in [0.4, 0.5) is 5.69 Å². The number of benzene rings is 1. The smallest absolute Gasteiger partial charge is 0.307 e. The van der Waals surface area contributed by atoms with Gasteiger partial charge < -0.3 is 10.4 Å². The maximum Gasteiger partial charge on any atom is 0.307 e.